The molecule has 1 aromatic heterocycles. The van der Waals surface area contributed by atoms with Crippen molar-refractivity contribution in [3.63, 3.8) is 0 Å². The molecule has 56 valence electrons. The van der Waals surface area contributed by atoms with E-state index >= 15 is 0 Å². The van der Waals surface area contributed by atoms with Gasteiger partial charge in [-0.25, -0.2) is 0 Å². The van der Waals surface area contributed by atoms with Crippen LogP contribution in [0.4, 0.5) is 5.82 Å². The minimum atomic E-state index is 0.0993. The summed E-state index contributed by atoms with van der Waals surface area (Å²) in [4.78, 5) is 6.48. The van der Waals surface area contributed by atoms with Crippen LogP contribution in [0.1, 0.15) is 13.8 Å². The molecule has 0 atom stereocenters. The second-order valence-electron chi connectivity index (χ2n) is 2.28. The molecule has 1 aromatic rings. The first-order chi connectivity index (χ1) is 4.70. The van der Waals surface area contributed by atoms with Crippen molar-refractivity contribution in [3.8, 4) is 0 Å². The average molecular weight is 141 g/mol. The van der Waals surface area contributed by atoms with Gasteiger partial charge < -0.3 is 10.6 Å². The fourth-order valence-corrected chi connectivity index (χ4v) is 0.588. The molecule has 1 heterocycles. The summed E-state index contributed by atoms with van der Waals surface area (Å²) < 4.78 is 0. The van der Waals surface area contributed by atoms with Gasteiger partial charge in [0.15, 0.2) is 5.82 Å². The average Bonchev–Trinajstić information content (AvgIpc) is 2.15. The van der Waals surface area contributed by atoms with Crippen LogP contribution >= 0.6 is 0 Å². The van der Waals surface area contributed by atoms with E-state index in [1.54, 1.807) is 12.3 Å². The molecule has 10 heavy (non-hydrogen) atoms. The zero-order chi connectivity index (χ0) is 7.56. The van der Waals surface area contributed by atoms with Crippen LogP contribution in [0.25, 0.3) is 0 Å². The molecule has 0 unspecified atom stereocenters. The van der Waals surface area contributed by atoms with E-state index in [9.17, 15) is 0 Å². The van der Waals surface area contributed by atoms with E-state index in [1.165, 1.54) is 4.85 Å². The zero-order valence-electron chi connectivity index (χ0n) is 6.11. The van der Waals surface area contributed by atoms with E-state index in [0.29, 0.717) is 5.82 Å². The summed E-state index contributed by atoms with van der Waals surface area (Å²) in [6.45, 7) is 3.84. The predicted molar refractivity (Wildman–Crippen MR) is 38.4 cm³/mol. The fourth-order valence-electron chi connectivity index (χ4n) is 0.588. The smallest absolute Gasteiger partial charge is 0.163 e. The molecular weight excluding hydrogens is 130 g/mol. The summed E-state index contributed by atoms with van der Waals surface area (Å²) in [5.41, 5.74) is 5.46. The van der Waals surface area contributed by atoms with Gasteiger partial charge in [0.2, 0.25) is 0 Å². The molecule has 4 nitrogen and oxygen atoms in total. The van der Waals surface area contributed by atoms with Crippen LogP contribution in [0.3, 0.4) is 0 Å². The van der Waals surface area contributed by atoms with E-state index in [-0.39, 0.29) is 6.10 Å². The highest BCUT2D eigenvalue weighted by Crippen LogP contribution is 1.97. The van der Waals surface area contributed by atoms with Gasteiger partial charge in [-0.3, -0.25) is 0 Å². The Morgan fingerprint density at radius 3 is 2.80 bits per heavy atom. The van der Waals surface area contributed by atoms with Crippen molar-refractivity contribution in [2.75, 3.05) is 5.73 Å². The molecule has 0 aliphatic carbocycles. The van der Waals surface area contributed by atoms with Crippen molar-refractivity contribution in [2.45, 2.75) is 20.0 Å². The summed E-state index contributed by atoms with van der Waals surface area (Å²) in [7, 11) is 0. The van der Waals surface area contributed by atoms with Gasteiger partial charge in [0.25, 0.3) is 0 Å². The Morgan fingerprint density at radius 1 is 1.70 bits per heavy atom. The molecule has 0 fully saturated rings. The van der Waals surface area contributed by atoms with Gasteiger partial charge in [0, 0.05) is 6.07 Å². The first kappa shape index (κ1) is 6.92. The maximum absolute atomic E-state index is 5.46. The Kier molecular flexibility index (Phi) is 1.80. The molecule has 2 N–H and O–H groups in total. The lowest BCUT2D eigenvalue weighted by atomic mass is 10.5. The summed E-state index contributed by atoms with van der Waals surface area (Å²) in [5.74, 6) is 0.522. The molecule has 0 amide bonds. The molecule has 0 saturated heterocycles. The summed E-state index contributed by atoms with van der Waals surface area (Å²) in [6, 6.07) is 1.68. The van der Waals surface area contributed by atoms with Crippen LogP contribution in [-0.2, 0) is 0 Å². The third-order valence-corrected chi connectivity index (χ3v) is 0.948. The lowest BCUT2D eigenvalue weighted by Gasteiger charge is -2.08. The zero-order valence-corrected chi connectivity index (χ0v) is 6.11. The number of rotatable bonds is 2. The largest absolute Gasteiger partial charge is 0.392 e. The van der Waals surface area contributed by atoms with Gasteiger partial charge in [0.05, 0.1) is 6.20 Å². The topological polar surface area (TPSA) is 53.1 Å². The lowest BCUT2D eigenvalue weighted by Crippen LogP contribution is -2.21. The van der Waals surface area contributed by atoms with E-state index in [4.69, 9.17) is 10.6 Å². The minimum Gasteiger partial charge on any atom is -0.392 e. The highest BCUT2D eigenvalue weighted by molar-refractivity contribution is 5.24. The van der Waals surface area contributed by atoms with Crippen molar-refractivity contribution < 1.29 is 4.84 Å². The number of nitrogens with zero attached hydrogens (tertiary/aromatic N) is 2. The number of nitrogens with two attached hydrogens (primary N) is 1. The third-order valence-electron chi connectivity index (χ3n) is 0.948. The second-order valence-corrected chi connectivity index (χ2v) is 2.28. The maximum Gasteiger partial charge on any atom is 0.163 e. The molecule has 4 heteroatoms. The van der Waals surface area contributed by atoms with E-state index in [1.807, 2.05) is 13.8 Å². The molecule has 1 rings (SSSR count). The Labute approximate surface area is 59.5 Å². The molecule has 0 saturated carbocycles. The van der Waals surface area contributed by atoms with Crippen LogP contribution in [0.5, 0.6) is 0 Å². The lowest BCUT2D eigenvalue weighted by molar-refractivity contribution is 0.0403. The van der Waals surface area contributed by atoms with Gasteiger partial charge >= 0.3 is 0 Å². The Bertz CT molecular complexity index is 207. The Morgan fingerprint density at radius 2 is 2.40 bits per heavy atom. The van der Waals surface area contributed by atoms with Crippen LogP contribution in [0, 0.1) is 0 Å². The third kappa shape index (κ3) is 1.40. The van der Waals surface area contributed by atoms with Crippen molar-refractivity contribution in [2.24, 2.45) is 0 Å². The second kappa shape index (κ2) is 2.60. The number of anilines is 1. The van der Waals surface area contributed by atoms with Crippen LogP contribution in [0.2, 0.25) is 0 Å². The summed E-state index contributed by atoms with van der Waals surface area (Å²) in [5, 5.41) is 3.83. The van der Waals surface area contributed by atoms with Gasteiger partial charge in [-0.1, -0.05) is 4.85 Å². The predicted octanol–water partition coefficient (Wildman–Crippen LogP) is 0.302. The van der Waals surface area contributed by atoms with Gasteiger partial charge in [-0.15, -0.1) is 5.10 Å². The van der Waals surface area contributed by atoms with E-state index in [0.717, 1.165) is 0 Å². The maximum atomic E-state index is 5.46. The number of hydrogen-bond acceptors (Lipinski definition) is 3. The van der Waals surface area contributed by atoms with Gasteiger partial charge in [-0.05, 0) is 13.8 Å². The SMILES string of the molecule is CC(C)On1nccc1N. The van der Waals surface area contributed by atoms with Crippen molar-refractivity contribution >= 4 is 5.82 Å². The molecule has 0 aliphatic heterocycles. The summed E-state index contributed by atoms with van der Waals surface area (Å²) >= 11 is 0. The molecule has 0 aromatic carbocycles. The highest BCUT2D eigenvalue weighted by atomic mass is 16.7. The Balaban J connectivity index is 2.65. The van der Waals surface area contributed by atoms with Gasteiger partial charge in [-0.2, -0.15) is 0 Å². The van der Waals surface area contributed by atoms with Gasteiger partial charge in [0.1, 0.15) is 6.10 Å². The van der Waals surface area contributed by atoms with Crippen molar-refractivity contribution in [1.82, 2.24) is 9.94 Å². The first-order valence-electron chi connectivity index (χ1n) is 3.17. The quantitative estimate of drug-likeness (QED) is 0.644. The number of hydrogen-bond donors (Lipinski definition) is 1. The molecular formula is C6H11N3O. The number of nitrogen functional groups attached to an aromatic ring is 1. The molecule has 0 radical (unpaired) electrons. The minimum absolute atomic E-state index is 0.0993. The fraction of sp³-hybridized carbons (Fsp3) is 0.500. The number of aromatic nitrogens is 2. The Hall–Kier alpha value is -1.19. The molecule has 0 bridgehead atoms. The molecule has 0 spiro atoms. The van der Waals surface area contributed by atoms with E-state index < -0.39 is 0 Å². The normalized spacial score (nSPS) is 10.3. The van der Waals surface area contributed by atoms with Crippen molar-refractivity contribution in [3.05, 3.63) is 12.3 Å². The first-order valence-corrected chi connectivity index (χ1v) is 3.17. The van der Waals surface area contributed by atoms with E-state index in [2.05, 4.69) is 5.10 Å². The monoisotopic (exact) mass is 141 g/mol. The standard InChI is InChI=1S/C6H11N3O/c1-5(2)10-9-6(7)3-4-8-9/h3-5H,7H2,1-2H3. The van der Waals surface area contributed by atoms with Crippen molar-refractivity contribution in [1.29, 1.82) is 0 Å². The van der Waals surface area contributed by atoms with Crippen LogP contribution in [0.15, 0.2) is 12.3 Å². The van der Waals surface area contributed by atoms with Crippen LogP contribution in [-0.4, -0.2) is 16.0 Å². The van der Waals surface area contributed by atoms with Crippen LogP contribution < -0.4 is 10.6 Å². The highest BCUT2D eigenvalue weighted by Gasteiger charge is 1.98. The molecule has 0 aliphatic rings. The summed E-state index contributed by atoms with van der Waals surface area (Å²) in [6.07, 6.45) is 1.69.